The van der Waals surface area contributed by atoms with Gasteiger partial charge in [0.2, 0.25) is 0 Å². The fourth-order valence-corrected chi connectivity index (χ4v) is 8.68. The van der Waals surface area contributed by atoms with E-state index >= 15 is 0 Å². The Morgan fingerprint density at radius 1 is 0.375 bits per heavy atom. The highest BCUT2D eigenvalue weighted by atomic mass is 16.3. The van der Waals surface area contributed by atoms with E-state index in [1.807, 2.05) is 24.3 Å². The molecule has 7 rings (SSSR count). The van der Waals surface area contributed by atoms with Gasteiger partial charge in [-0.05, 0) is 123 Å². The Labute approximate surface area is 283 Å². The number of phenols is 2. The van der Waals surface area contributed by atoms with Gasteiger partial charge < -0.3 is 30.1 Å². The predicted octanol–water partition coefficient (Wildman–Crippen LogP) is 9.64. The fraction of sp³-hybridized carbons (Fsp3) is 0.333. The molecule has 2 atom stereocenters. The molecule has 0 saturated heterocycles. The average Bonchev–Trinajstić information content (AvgIpc) is 3.94. The summed E-state index contributed by atoms with van der Waals surface area (Å²) in [7, 11) is 0. The molecule has 1 aliphatic heterocycles. The number of fused-ring (bicyclic) bond motifs is 8. The zero-order valence-electron chi connectivity index (χ0n) is 29.0. The molecule has 5 heterocycles. The maximum absolute atomic E-state index is 10.3. The second-order valence-electron chi connectivity index (χ2n) is 14.1. The standard InChI is InChI=1S/C42H48N4O2/c1-7-41(8-2)35-23-21-33(44-35)39(5,27-11-15-29(47)16-12-27)31-19-20-32(43-31)40(6,28-13-17-30(48)18-14-28)34-22-24-36(45-34)42(9-3,10-4)38-26-25-37(41)46-38/h11-26,43-48H,7-10H2,1-6H3/t39-,40+. The first-order valence-corrected chi connectivity index (χ1v) is 17.5. The number of phenolic OH excluding ortho intramolecular Hbond substituents is 2. The second kappa shape index (κ2) is 11.4. The van der Waals surface area contributed by atoms with E-state index in [-0.39, 0.29) is 22.3 Å². The summed E-state index contributed by atoms with van der Waals surface area (Å²) in [5.74, 6) is 0.484. The Kier molecular flexibility index (Phi) is 7.54. The van der Waals surface area contributed by atoms with Crippen molar-refractivity contribution in [3.63, 3.8) is 0 Å². The molecule has 2 aromatic carbocycles. The molecule has 0 unspecified atom stereocenters. The van der Waals surface area contributed by atoms with Gasteiger partial charge in [-0.15, -0.1) is 0 Å². The van der Waals surface area contributed by atoms with Gasteiger partial charge in [0.15, 0.2) is 0 Å². The number of H-pyrrole nitrogens is 4. The van der Waals surface area contributed by atoms with E-state index in [0.717, 1.165) is 59.6 Å². The third-order valence-electron chi connectivity index (χ3n) is 12.3. The van der Waals surface area contributed by atoms with E-state index in [1.165, 1.54) is 22.8 Å². The summed E-state index contributed by atoms with van der Waals surface area (Å²) < 4.78 is 0. The summed E-state index contributed by atoms with van der Waals surface area (Å²) in [4.78, 5) is 15.8. The maximum Gasteiger partial charge on any atom is 0.115 e. The number of nitrogens with one attached hydrogen (secondary N) is 4. The van der Waals surface area contributed by atoms with Crippen LogP contribution in [0, 0.1) is 0 Å². The average molecular weight is 641 g/mol. The van der Waals surface area contributed by atoms with Gasteiger partial charge in [0.05, 0.1) is 10.8 Å². The molecule has 0 amide bonds. The molecule has 48 heavy (non-hydrogen) atoms. The minimum Gasteiger partial charge on any atom is -0.508 e. The van der Waals surface area contributed by atoms with E-state index in [9.17, 15) is 10.2 Å². The molecule has 6 N–H and O–H groups in total. The van der Waals surface area contributed by atoms with Crippen LogP contribution in [0.4, 0.5) is 0 Å². The zero-order valence-corrected chi connectivity index (χ0v) is 29.0. The lowest BCUT2D eigenvalue weighted by Gasteiger charge is -2.34. The number of benzene rings is 2. The Morgan fingerprint density at radius 3 is 0.875 bits per heavy atom. The van der Waals surface area contributed by atoms with Crippen LogP contribution in [-0.2, 0) is 21.7 Å². The number of aromatic hydroxyl groups is 2. The van der Waals surface area contributed by atoms with Gasteiger partial charge in [0, 0.05) is 56.4 Å². The Bertz CT molecular complexity index is 1890. The topological polar surface area (TPSA) is 104 Å². The summed E-state index contributed by atoms with van der Waals surface area (Å²) >= 11 is 0. The summed E-state index contributed by atoms with van der Waals surface area (Å²) in [6.07, 6.45) is 3.76. The Balaban J connectivity index is 1.56. The number of aromatic nitrogens is 4. The largest absolute Gasteiger partial charge is 0.508 e. The number of aromatic amines is 4. The van der Waals surface area contributed by atoms with Gasteiger partial charge >= 0.3 is 0 Å². The molecule has 4 aromatic heterocycles. The normalized spacial score (nSPS) is 21.3. The molecule has 6 aromatic rings. The highest BCUT2D eigenvalue weighted by Crippen LogP contribution is 2.47. The predicted molar refractivity (Wildman–Crippen MR) is 193 cm³/mol. The molecule has 6 heteroatoms. The smallest absolute Gasteiger partial charge is 0.115 e. The van der Waals surface area contributed by atoms with Crippen molar-refractivity contribution in [2.45, 2.75) is 88.9 Å². The monoisotopic (exact) mass is 640 g/mol. The first-order valence-electron chi connectivity index (χ1n) is 17.5. The first kappa shape index (κ1) is 31.7. The third-order valence-corrected chi connectivity index (χ3v) is 12.3. The molecule has 8 bridgehead atoms. The van der Waals surface area contributed by atoms with Crippen molar-refractivity contribution in [1.29, 1.82) is 0 Å². The quantitative estimate of drug-likeness (QED) is 0.109. The van der Waals surface area contributed by atoms with Crippen LogP contribution < -0.4 is 0 Å². The molecule has 0 spiro atoms. The first-order chi connectivity index (χ1) is 23.1. The minimum absolute atomic E-state index is 0.226. The van der Waals surface area contributed by atoms with Crippen LogP contribution in [0.25, 0.3) is 0 Å². The second-order valence-corrected chi connectivity index (χ2v) is 14.1. The Hall–Kier alpha value is -4.84. The maximum atomic E-state index is 10.3. The lowest BCUT2D eigenvalue weighted by atomic mass is 9.76. The Morgan fingerprint density at radius 2 is 0.604 bits per heavy atom. The van der Waals surface area contributed by atoms with E-state index in [4.69, 9.17) is 0 Å². The molecule has 0 radical (unpaired) electrons. The summed E-state index contributed by atoms with van der Waals surface area (Å²) in [5.41, 5.74) is 9.55. The van der Waals surface area contributed by atoms with Crippen LogP contribution in [0.2, 0.25) is 0 Å². The molecule has 1 aliphatic rings. The van der Waals surface area contributed by atoms with E-state index in [0.29, 0.717) is 0 Å². The summed E-state index contributed by atoms with van der Waals surface area (Å²) in [6.45, 7) is 13.6. The van der Waals surface area contributed by atoms with Gasteiger partial charge in [-0.3, -0.25) is 0 Å². The van der Waals surface area contributed by atoms with E-state index < -0.39 is 10.8 Å². The number of rotatable bonds is 6. The van der Waals surface area contributed by atoms with Crippen LogP contribution in [-0.4, -0.2) is 30.1 Å². The van der Waals surface area contributed by atoms with Crippen LogP contribution in [0.3, 0.4) is 0 Å². The minimum atomic E-state index is -0.592. The van der Waals surface area contributed by atoms with E-state index in [1.54, 1.807) is 24.3 Å². The van der Waals surface area contributed by atoms with Crippen LogP contribution >= 0.6 is 0 Å². The number of hydrogen-bond acceptors (Lipinski definition) is 2. The van der Waals surface area contributed by atoms with Crippen molar-refractivity contribution in [2.75, 3.05) is 0 Å². The van der Waals surface area contributed by atoms with Gasteiger partial charge in [0.1, 0.15) is 11.5 Å². The van der Waals surface area contributed by atoms with Crippen LogP contribution in [0.1, 0.15) is 124 Å². The fourth-order valence-electron chi connectivity index (χ4n) is 8.68. The van der Waals surface area contributed by atoms with Gasteiger partial charge in [0.25, 0.3) is 0 Å². The van der Waals surface area contributed by atoms with Crippen molar-refractivity contribution in [1.82, 2.24) is 19.9 Å². The highest BCUT2D eigenvalue weighted by molar-refractivity contribution is 5.53. The van der Waals surface area contributed by atoms with Gasteiger partial charge in [-0.2, -0.15) is 0 Å². The lowest BCUT2D eigenvalue weighted by Crippen LogP contribution is -2.32. The lowest BCUT2D eigenvalue weighted by molar-refractivity contribution is 0.432. The summed E-state index contributed by atoms with van der Waals surface area (Å²) in [6, 6.07) is 33.2. The van der Waals surface area contributed by atoms with Gasteiger partial charge in [-0.25, -0.2) is 0 Å². The molecule has 6 nitrogen and oxygen atoms in total. The van der Waals surface area contributed by atoms with Crippen molar-refractivity contribution >= 4 is 0 Å². The molecular formula is C42H48N4O2. The zero-order chi connectivity index (χ0) is 33.9. The van der Waals surface area contributed by atoms with Crippen molar-refractivity contribution in [3.05, 3.63) is 154 Å². The molecule has 0 fully saturated rings. The van der Waals surface area contributed by atoms with Gasteiger partial charge in [-0.1, -0.05) is 52.0 Å². The molecule has 0 saturated carbocycles. The molecular weight excluding hydrogens is 592 g/mol. The molecule has 248 valence electrons. The van der Waals surface area contributed by atoms with Crippen molar-refractivity contribution in [3.8, 4) is 11.5 Å². The number of hydrogen-bond donors (Lipinski definition) is 6. The van der Waals surface area contributed by atoms with Crippen LogP contribution in [0.5, 0.6) is 11.5 Å². The summed E-state index contributed by atoms with van der Waals surface area (Å²) in [5, 5.41) is 20.5. The highest BCUT2D eigenvalue weighted by Gasteiger charge is 2.43. The third kappa shape index (κ3) is 4.38. The van der Waals surface area contributed by atoms with Crippen molar-refractivity contribution < 1.29 is 10.2 Å². The van der Waals surface area contributed by atoms with Crippen molar-refractivity contribution in [2.24, 2.45) is 0 Å². The van der Waals surface area contributed by atoms with E-state index in [2.05, 4.69) is 110 Å². The van der Waals surface area contributed by atoms with Crippen LogP contribution in [0.15, 0.2) is 97.1 Å². The SMILES string of the molecule is CCC1(CC)c2ccc([nH]2)C(CC)(CC)c2ccc([nH]2)[C@@](C)(c2ccc(O)cc2)c2ccc([nH]2)[C@@](C)(c2ccc(O)cc2)c2ccc1[nH]2. The molecule has 0 aliphatic carbocycles.